The van der Waals surface area contributed by atoms with E-state index < -0.39 is 28.6 Å². The van der Waals surface area contributed by atoms with Crippen molar-refractivity contribution in [2.45, 2.75) is 17.3 Å². The molecular weight excluding hydrogens is 367 g/mol. The lowest BCUT2D eigenvalue weighted by Gasteiger charge is -2.12. The first kappa shape index (κ1) is 17.9. The lowest BCUT2D eigenvalue weighted by Crippen LogP contribution is -2.23. The van der Waals surface area contributed by atoms with Crippen molar-refractivity contribution in [3.8, 4) is 5.69 Å². The van der Waals surface area contributed by atoms with Crippen LogP contribution in [0.5, 0.6) is 0 Å². The van der Waals surface area contributed by atoms with E-state index in [1.807, 2.05) is 0 Å². The van der Waals surface area contributed by atoms with Gasteiger partial charge in [0.05, 0.1) is 10.9 Å². The maximum Gasteiger partial charge on any atom is 0.237 e. The molecule has 26 heavy (non-hydrogen) atoms. The van der Waals surface area contributed by atoms with Gasteiger partial charge in [0.2, 0.25) is 11.1 Å². The maximum atomic E-state index is 13.4. The second kappa shape index (κ2) is 7.56. The van der Waals surface area contributed by atoms with E-state index in [1.54, 1.807) is 13.0 Å². The first-order valence-corrected chi connectivity index (χ1v) is 8.29. The molecule has 0 aliphatic carbocycles. The SMILES string of the molecule is CC(Sc1nnnn1-c1cccc(F)c1)C(=O)Nc1ccc(F)c(F)c1. The molecule has 1 N–H and O–H groups in total. The number of halogens is 3. The molecule has 10 heteroatoms. The summed E-state index contributed by atoms with van der Waals surface area (Å²) in [7, 11) is 0. The Morgan fingerprint density at radius 1 is 1.15 bits per heavy atom. The number of hydrogen-bond donors (Lipinski definition) is 1. The second-order valence-electron chi connectivity index (χ2n) is 5.23. The number of rotatable bonds is 5. The normalized spacial score (nSPS) is 12.0. The highest BCUT2D eigenvalue weighted by Gasteiger charge is 2.20. The Morgan fingerprint density at radius 2 is 1.96 bits per heavy atom. The largest absolute Gasteiger partial charge is 0.325 e. The smallest absolute Gasteiger partial charge is 0.237 e. The number of tetrazole rings is 1. The number of aromatic nitrogens is 4. The Morgan fingerprint density at radius 3 is 2.69 bits per heavy atom. The van der Waals surface area contributed by atoms with Crippen LogP contribution in [0, 0.1) is 17.5 Å². The number of nitrogens with zero attached hydrogens (tertiary/aromatic N) is 4. The van der Waals surface area contributed by atoms with E-state index in [4.69, 9.17) is 0 Å². The average molecular weight is 379 g/mol. The predicted molar refractivity (Wildman–Crippen MR) is 89.4 cm³/mol. The van der Waals surface area contributed by atoms with Crippen molar-refractivity contribution in [3.05, 3.63) is 59.9 Å². The van der Waals surface area contributed by atoms with Crippen LogP contribution in [0.1, 0.15) is 6.92 Å². The van der Waals surface area contributed by atoms with E-state index in [9.17, 15) is 18.0 Å². The molecule has 0 radical (unpaired) electrons. The Balaban J connectivity index is 1.72. The van der Waals surface area contributed by atoms with Gasteiger partial charge in [-0.25, -0.2) is 13.2 Å². The first-order valence-electron chi connectivity index (χ1n) is 7.41. The first-order chi connectivity index (χ1) is 12.4. The fourth-order valence-electron chi connectivity index (χ4n) is 2.05. The summed E-state index contributed by atoms with van der Waals surface area (Å²) in [5.74, 6) is -2.95. The fraction of sp³-hybridized carbons (Fsp3) is 0.125. The lowest BCUT2D eigenvalue weighted by atomic mass is 10.3. The number of carbonyl (C=O) groups is 1. The van der Waals surface area contributed by atoms with Crippen LogP contribution in [0.2, 0.25) is 0 Å². The van der Waals surface area contributed by atoms with Crippen LogP contribution in [-0.4, -0.2) is 31.4 Å². The van der Waals surface area contributed by atoms with Gasteiger partial charge in [0.1, 0.15) is 5.82 Å². The number of hydrogen-bond acceptors (Lipinski definition) is 5. The van der Waals surface area contributed by atoms with Gasteiger partial charge in [0.25, 0.3) is 0 Å². The molecule has 1 atom stereocenters. The van der Waals surface area contributed by atoms with Gasteiger partial charge in [-0.1, -0.05) is 17.8 Å². The molecule has 2 aromatic carbocycles. The molecule has 3 rings (SSSR count). The van der Waals surface area contributed by atoms with Crippen LogP contribution >= 0.6 is 11.8 Å². The molecule has 1 heterocycles. The molecule has 6 nitrogen and oxygen atoms in total. The van der Waals surface area contributed by atoms with Crippen molar-refractivity contribution in [3.63, 3.8) is 0 Å². The summed E-state index contributed by atoms with van der Waals surface area (Å²) in [4.78, 5) is 12.3. The minimum Gasteiger partial charge on any atom is -0.325 e. The van der Waals surface area contributed by atoms with E-state index in [0.717, 1.165) is 23.9 Å². The van der Waals surface area contributed by atoms with Crippen LogP contribution in [-0.2, 0) is 4.79 Å². The molecule has 3 aromatic rings. The highest BCUT2D eigenvalue weighted by molar-refractivity contribution is 8.00. The van der Waals surface area contributed by atoms with Gasteiger partial charge in [-0.15, -0.1) is 5.10 Å². The Kier molecular flexibility index (Phi) is 5.21. The molecule has 0 bridgehead atoms. The number of carbonyl (C=O) groups excluding carboxylic acids is 1. The topological polar surface area (TPSA) is 72.7 Å². The Hall–Kier alpha value is -2.88. The van der Waals surface area contributed by atoms with Crippen LogP contribution < -0.4 is 5.32 Å². The van der Waals surface area contributed by atoms with E-state index in [0.29, 0.717) is 5.69 Å². The quantitative estimate of drug-likeness (QED) is 0.690. The molecule has 0 aliphatic heterocycles. The van der Waals surface area contributed by atoms with Gasteiger partial charge < -0.3 is 5.32 Å². The molecule has 0 spiro atoms. The minimum atomic E-state index is -1.06. The molecule has 1 aromatic heterocycles. The standard InChI is InChI=1S/C16H12F3N5OS/c1-9(15(25)20-11-5-6-13(18)14(19)8-11)26-16-21-22-23-24(16)12-4-2-3-10(17)7-12/h2-9H,1H3,(H,20,25). The van der Waals surface area contributed by atoms with E-state index in [2.05, 4.69) is 20.8 Å². The Bertz CT molecular complexity index is 949. The second-order valence-corrected chi connectivity index (χ2v) is 6.54. The van der Waals surface area contributed by atoms with Crippen LogP contribution in [0.3, 0.4) is 0 Å². The summed E-state index contributed by atoms with van der Waals surface area (Å²) in [5.41, 5.74) is 0.539. The summed E-state index contributed by atoms with van der Waals surface area (Å²) in [5, 5.41) is 13.3. The van der Waals surface area contributed by atoms with Crippen molar-refractivity contribution < 1.29 is 18.0 Å². The third-order valence-electron chi connectivity index (χ3n) is 3.33. The highest BCUT2D eigenvalue weighted by atomic mass is 32.2. The monoisotopic (exact) mass is 379 g/mol. The summed E-state index contributed by atoms with van der Waals surface area (Å²) < 4.78 is 40.8. The summed E-state index contributed by atoms with van der Waals surface area (Å²) in [6.45, 7) is 1.60. The highest BCUT2D eigenvalue weighted by Crippen LogP contribution is 2.24. The van der Waals surface area contributed by atoms with Crippen molar-refractivity contribution in [1.29, 1.82) is 0 Å². The third-order valence-corrected chi connectivity index (χ3v) is 4.37. The molecule has 0 saturated heterocycles. The summed E-state index contributed by atoms with van der Waals surface area (Å²) in [6.07, 6.45) is 0. The molecule has 134 valence electrons. The maximum absolute atomic E-state index is 13.4. The van der Waals surface area contributed by atoms with Crippen LogP contribution in [0.4, 0.5) is 18.9 Å². The molecule has 0 fully saturated rings. The zero-order chi connectivity index (χ0) is 18.7. The molecule has 1 amide bonds. The van der Waals surface area contributed by atoms with Gasteiger partial charge in [0.15, 0.2) is 11.6 Å². The van der Waals surface area contributed by atoms with Crippen molar-refractivity contribution >= 4 is 23.4 Å². The van der Waals surface area contributed by atoms with Crippen molar-refractivity contribution in [2.75, 3.05) is 5.32 Å². The number of amides is 1. The molecule has 0 aliphatic rings. The zero-order valence-electron chi connectivity index (χ0n) is 13.4. The Labute approximate surface area is 150 Å². The summed E-state index contributed by atoms with van der Waals surface area (Å²) in [6, 6.07) is 8.75. The minimum absolute atomic E-state index is 0.131. The lowest BCUT2D eigenvalue weighted by molar-refractivity contribution is -0.115. The molecular formula is C16H12F3N5OS. The van der Waals surface area contributed by atoms with E-state index >= 15 is 0 Å². The van der Waals surface area contributed by atoms with Gasteiger partial charge >= 0.3 is 0 Å². The van der Waals surface area contributed by atoms with Crippen molar-refractivity contribution in [2.24, 2.45) is 0 Å². The zero-order valence-corrected chi connectivity index (χ0v) is 14.2. The number of anilines is 1. The molecule has 0 saturated carbocycles. The number of nitrogens with one attached hydrogen (secondary N) is 1. The van der Waals surface area contributed by atoms with Gasteiger partial charge in [-0.05, 0) is 47.7 Å². The van der Waals surface area contributed by atoms with Gasteiger partial charge in [0, 0.05) is 11.8 Å². The molecule has 1 unspecified atom stereocenters. The third kappa shape index (κ3) is 4.02. The van der Waals surface area contributed by atoms with Gasteiger partial charge in [-0.2, -0.15) is 4.68 Å². The average Bonchev–Trinajstić information content (AvgIpc) is 3.06. The van der Waals surface area contributed by atoms with Gasteiger partial charge in [-0.3, -0.25) is 4.79 Å². The predicted octanol–water partition coefficient (Wildman–Crippen LogP) is 3.20. The summed E-state index contributed by atoms with van der Waals surface area (Å²) >= 11 is 1.04. The number of benzene rings is 2. The van der Waals surface area contributed by atoms with E-state index in [1.165, 1.54) is 28.9 Å². The van der Waals surface area contributed by atoms with Crippen LogP contribution in [0.25, 0.3) is 5.69 Å². The van der Waals surface area contributed by atoms with Crippen molar-refractivity contribution in [1.82, 2.24) is 20.2 Å². The van der Waals surface area contributed by atoms with Crippen LogP contribution in [0.15, 0.2) is 47.6 Å². The van der Waals surface area contributed by atoms with E-state index in [-0.39, 0.29) is 10.8 Å². The number of thioether (sulfide) groups is 1. The fourth-order valence-corrected chi connectivity index (χ4v) is 2.86.